The predicted octanol–water partition coefficient (Wildman–Crippen LogP) is 6.42. The Morgan fingerprint density at radius 1 is 0.694 bits per heavy atom. The number of nitrogens with zero attached hydrogens (tertiary/aromatic N) is 4. The van der Waals surface area contributed by atoms with E-state index in [2.05, 4.69) is 20.5 Å². The van der Waals surface area contributed by atoms with E-state index >= 15 is 0 Å². The quantitative estimate of drug-likeness (QED) is 0.0399. The molecule has 0 saturated carbocycles. The Kier molecular flexibility index (Phi) is 11.3. The highest BCUT2D eigenvalue weighted by Gasteiger charge is 2.27. The monoisotopic (exact) mass is 745 g/mol. The van der Waals surface area contributed by atoms with Crippen molar-refractivity contribution in [3.8, 4) is 17.2 Å². The van der Waals surface area contributed by atoms with Gasteiger partial charge in [-0.25, -0.2) is 0 Å². The number of hydrogen-bond donors (Lipinski definition) is 11. The third-order valence-electron chi connectivity index (χ3n) is 6.50. The van der Waals surface area contributed by atoms with E-state index in [1.807, 2.05) is 0 Å². The summed E-state index contributed by atoms with van der Waals surface area (Å²) >= 11 is 0. The number of aromatic hydroxyl groups is 1. The van der Waals surface area contributed by atoms with Crippen molar-refractivity contribution in [1.82, 2.24) is 0 Å². The lowest BCUT2D eigenvalue weighted by atomic mass is 10.1. The summed E-state index contributed by atoms with van der Waals surface area (Å²) in [6.07, 6.45) is 0. The van der Waals surface area contributed by atoms with Crippen LogP contribution in [-0.4, -0.2) is 82.0 Å². The smallest absolute Gasteiger partial charge is 0.296 e. The van der Waals surface area contributed by atoms with Crippen LogP contribution in [0.4, 0.5) is 28.4 Å². The van der Waals surface area contributed by atoms with E-state index in [1.165, 1.54) is 30.3 Å². The number of aliphatic hydroxyl groups is 2. The first-order valence-corrected chi connectivity index (χ1v) is 18.0. The SMILES string of the molecule is Cc1cc(S(O)(O)O)ccc1N=Nc1cc(OCCO)c(N=Nc2c(S(O)(O)O)cc3cc(S(=O)(=O)O)c(N)cc3c2O)cc1OCCO. The molecule has 0 aliphatic heterocycles. The second-order valence-corrected chi connectivity index (χ2v) is 14.4. The third kappa shape index (κ3) is 8.90. The maximum absolute atomic E-state index is 11.7. The zero-order chi connectivity index (χ0) is 36.3. The molecule has 0 heterocycles. The van der Waals surface area contributed by atoms with Crippen LogP contribution in [-0.2, 0) is 10.1 Å². The van der Waals surface area contributed by atoms with Gasteiger partial charge in [0.1, 0.15) is 68.4 Å². The first-order chi connectivity index (χ1) is 22.8. The second-order valence-electron chi connectivity index (χ2n) is 9.98. The minimum absolute atomic E-state index is 0.0131. The van der Waals surface area contributed by atoms with Gasteiger partial charge in [0.05, 0.1) is 34.4 Å². The van der Waals surface area contributed by atoms with Crippen molar-refractivity contribution in [2.45, 2.75) is 21.6 Å². The summed E-state index contributed by atoms with van der Waals surface area (Å²) in [6, 6.07) is 9.10. The van der Waals surface area contributed by atoms with E-state index < -0.39 is 72.0 Å². The predicted molar refractivity (Wildman–Crippen MR) is 178 cm³/mol. The molecule has 22 heteroatoms. The molecule has 4 aromatic rings. The maximum atomic E-state index is 11.7. The molecular formula is C27H31N5O14S3. The van der Waals surface area contributed by atoms with Gasteiger partial charge in [0, 0.05) is 17.5 Å². The third-order valence-corrected chi connectivity index (χ3v) is 9.20. The van der Waals surface area contributed by atoms with Crippen LogP contribution in [0.15, 0.2) is 83.7 Å². The van der Waals surface area contributed by atoms with Crippen molar-refractivity contribution >= 4 is 71.1 Å². The summed E-state index contributed by atoms with van der Waals surface area (Å²) in [5.74, 6) is -0.951. The topological polar surface area (TPSA) is 330 Å². The normalized spacial score (nSPS) is 13.4. The van der Waals surface area contributed by atoms with Crippen molar-refractivity contribution < 1.29 is 65.1 Å². The van der Waals surface area contributed by atoms with Gasteiger partial charge >= 0.3 is 0 Å². The minimum atomic E-state index is -4.83. The van der Waals surface area contributed by atoms with Crippen LogP contribution < -0.4 is 15.2 Å². The van der Waals surface area contributed by atoms with Gasteiger partial charge in [0.15, 0.2) is 5.75 Å². The number of phenolic OH excluding ortho intramolecular Hbond substituents is 1. The van der Waals surface area contributed by atoms with Gasteiger partial charge in [0.25, 0.3) is 10.1 Å². The summed E-state index contributed by atoms with van der Waals surface area (Å²) in [6.45, 7) is 0.218. The zero-order valence-corrected chi connectivity index (χ0v) is 27.6. The molecular weight excluding hydrogens is 715 g/mol. The molecule has 19 nitrogen and oxygen atoms in total. The number of phenols is 1. The molecule has 0 aliphatic rings. The lowest BCUT2D eigenvalue weighted by Crippen LogP contribution is -2.04. The summed E-state index contributed by atoms with van der Waals surface area (Å²) in [4.78, 5) is -1.67. The lowest BCUT2D eigenvalue weighted by molar-refractivity contribution is 0.198. The molecule has 0 atom stereocenters. The summed E-state index contributed by atoms with van der Waals surface area (Å²) in [5, 5.41) is 45.6. The summed E-state index contributed by atoms with van der Waals surface area (Å²) in [7, 11) is -13.4. The molecule has 0 unspecified atom stereocenters. The van der Waals surface area contributed by atoms with Gasteiger partial charge in [-0.1, -0.05) is 0 Å². The molecule has 49 heavy (non-hydrogen) atoms. The van der Waals surface area contributed by atoms with E-state index in [0.29, 0.717) is 5.56 Å². The molecule has 0 amide bonds. The van der Waals surface area contributed by atoms with Crippen LogP contribution in [0.3, 0.4) is 0 Å². The van der Waals surface area contributed by atoms with Crippen molar-refractivity contribution in [2.24, 2.45) is 20.5 Å². The largest absolute Gasteiger partial charge is 0.505 e. The zero-order valence-electron chi connectivity index (χ0n) is 25.1. The number of azo groups is 2. The number of fused-ring (bicyclic) bond motifs is 1. The van der Waals surface area contributed by atoms with Crippen molar-refractivity contribution in [3.05, 3.63) is 54.1 Å². The van der Waals surface area contributed by atoms with Crippen molar-refractivity contribution in [3.63, 3.8) is 0 Å². The standard InChI is InChI=1S/C27H31N5O14S3/c1-14-8-16(47(36,37)38)2-3-19(14)29-30-20-12-23(46-7-5-34)21(13-22(20)45-6-4-33)31-32-26-25(49(42,43)44)10-15-9-24(48(39,40)41)18(28)11-17(15)27(26)35/h2-3,8-13,33-38,42-44H,4-7,28H2,1H3,(H,39,40,41). The average molecular weight is 746 g/mol. The molecule has 266 valence electrons. The highest BCUT2D eigenvalue weighted by Crippen LogP contribution is 2.55. The van der Waals surface area contributed by atoms with E-state index in [1.54, 1.807) is 6.92 Å². The first kappa shape index (κ1) is 37.6. The van der Waals surface area contributed by atoms with E-state index in [0.717, 1.165) is 18.2 Å². The molecule has 0 spiro atoms. The van der Waals surface area contributed by atoms with Gasteiger partial charge in [0.2, 0.25) is 0 Å². The molecule has 0 aromatic heterocycles. The van der Waals surface area contributed by atoms with Crippen LogP contribution in [0.5, 0.6) is 17.2 Å². The number of nitrogens with two attached hydrogens (primary N) is 1. The van der Waals surface area contributed by atoms with Crippen LogP contribution >= 0.6 is 21.7 Å². The lowest BCUT2D eigenvalue weighted by Gasteiger charge is -2.22. The molecule has 4 aromatic carbocycles. The van der Waals surface area contributed by atoms with Crippen LogP contribution in [0.2, 0.25) is 0 Å². The Balaban J connectivity index is 1.87. The fraction of sp³-hybridized carbons (Fsp3) is 0.185. The molecule has 0 radical (unpaired) electrons. The summed E-state index contributed by atoms with van der Waals surface area (Å²) in [5.41, 5.74) is 5.12. The highest BCUT2D eigenvalue weighted by molar-refractivity contribution is 8.19. The average Bonchev–Trinajstić information content (AvgIpc) is 3.00. The Bertz CT molecular complexity index is 2050. The number of aryl methyl sites for hydroxylation is 1. The van der Waals surface area contributed by atoms with Gasteiger partial charge in [-0.15, -0.1) is 15.3 Å². The van der Waals surface area contributed by atoms with Crippen LogP contribution in [0, 0.1) is 6.92 Å². The van der Waals surface area contributed by atoms with E-state index in [-0.39, 0.29) is 57.4 Å². The molecule has 12 N–H and O–H groups in total. The van der Waals surface area contributed by atoms with Gasteiger partial charge < -0.3 is 57.8 Å². The summed E-state index contributed by atoms with van der Waals surface area (Å²) < 4.78 is 103. The van der Waals surface area contributed by atoms with E-state index in [9.17, 15) is 55.6 Å². The van der Waals surface area contributed by atoms with Crippen LogP contribution in [0.1, 0.15) is 5.56 Å². The van der Waals surface area contributed by atoms with Crippen molar-refractivity contribution in [1.29, 1.82) is 0 Å². The Labute approximate surface area is 281 Å². The Hall–Kier alpha value is -4.17. The van der Waals surface area contributed by atoms with Crippen molar-refractivity contribution in [2.75, 3.05) is 32.2 Å². The number of nitrogen functional groups attached to an aromatic ring is 1. The molecule has 0 saturated heterocycles. The molecule has 4 rings (SSSR count). The minimum Gasteiger partial charge on any atom is -0.505 e. The molecule has 0 fully saturated rings. The number of benzene rings is 4. The fourth-order valence-corrected chi connectivity index (χ4v) is 6.18. The number of anilines is 1. The Morgan fingerprint density at radius 2 is 1.22 bits per heavy atom. The van der Waals surface area contributed by atoms with Gasteiger partial charge in [-0.05, 0) is 54.3 Å². The highest BCUT2D eigenvalue weighted by atomic mass is 32.3. The first-order valence-electron chi connectivity index (χ1n) is 13.5. The van der Waals surface area contributed by atoms with Gasteiger partial charge in [-0.3, -0.25) is 4.55 Å². The number of aliphatic hydroxyl groups excluding tert-OH is 2. The number of hydrogen-bond acceptors (Lipinski definition) is 18. The van der Waals surface area contributed by atoms with E-state index in [4.69, 9.17) is 15.2 Å². The maximum Gasteiger partial charge on any atom is 0.296 e. The Morgan fingerprint density at radius 3 is 1.71 bits per heavy atom. The fourth-order valence-electron chi connectivity index (χ4n) is 4.28. The number of ether oxygens (including phenoxy) is 2. The molecule has 0 bridgehead atoms. The van der Waals surface area contributed by atoms with Gasteiger partial charge in [-0.2, -0.15) is 13.5 Å². The second kappa shape index (κ2) is 14.8. The molecule has 0 aliphatic carbocycles. The van der Waals surface area contributed by atoms with Crippen LogP contribution in [0.25, 0.3) is 10.8 Å². The number of rotatable bonds is 13.